The van der Waals surface area contributed by atoms with Crippen molar-refractivity contribution in [3.63, 3.8) is 0 Å². The summed E-state index contributed by atoms with van der Waals surface area (Å²) in [5.74, 6) is -1.68. The topological polar surface area (TPSA) is 125 Å². The van der Waals surface area contributed by atoms with Gasteiger partial charge in [0.25, 0.3) is 5.56 Å². The molecular weight excluding hydrogens is 431 g/mol. The second-order valence-electron chi connectivity index (χ2n) is 7.16. The van der Waals surface area contributed by atoms with Crippen LogP contribution < -0.4 is 16.6 Å². The van der Waals surface area contributed by atoms with Crippen LogP contribution in [0.5, 0.6) is 0 Å². The lowest BCUT2D eigenvalue weighted by atomic mass is 10.2. The fraction of sp³-hybridized carbons (Fsp3) is 0.182. The van der Waals surface area contributed by atoms with Gasteiger partial charge in [0.1, 0.15) is 5.82 Å². The van der Waals surface area contributed by atoms with E-state index >= 15 is 0 Å². The normalized spacial score (nSPS) is 10.9. The van der Waals surface area contributed by atoms with E-state index in [1.165, 1.54) is 24.3 Å². The molecule has 4 aromatic rings. The van der Waals surface area contributed by atoms with Gasteiger partial charge in [-0.25, -0.2) is 9.18 Å². The summed E-state index contributed by atoms with van der Waals surface area (Å²) >= 11 is 0. The molecule has 0 aliphatic heterocycles. The van der Waals surface area contributed by atoms with Crippen LogP contribution >= 0.6 is 0 Å². The second kappa shape index (κ2) is 8.99. The highest BCUT2D eigenvalue weighted by atomic mass is 19.1. The molecular formula is C22H19FN6O4. The predicted octanol–water partition coefficient (Wildman–Crippen LogP) is 1.84. The van der Waals surface area contributed by atoms with Gasteiger partial charge in [0, 0.05) is 13.1 Å². The number of aromatic nitrogens is 5. The van der Waals surface area contributed by atoms with Crippen LogP contribution in [-0.4, -0.2) is 30.4 Å². The van der Waals surface area contributed by atoms with Crippen molar-refractivity contribution in [2.75, 3.05) is 0 Å². The minimum Gasteiger partial charge on any atom is -0.344 e. The Hall–Kier alpha value is -4.41. The third kappa shape index (κ3) is 4.47. The van der Waals surface area contributed by atoms with Crippen LogP contribution in [0.2, 0.25) is 0 Å². The number of nitrogens with zero attached hydrogens (tertiary/aromatic N) is 5. The first-order valence-corrected chi connectivity index (χ1v) is 10.1. The third-order valence-corrected chi connectivity index (χ3v) is 4.85. The van der Waals surface area contributed by atoms with Gasteiger partial charge in [-0.15, -0.1) is 0 Å². The number of hydrogen-bond donors (Lipinski definition) is 1. The average molecular weight is 450 g/mol. The number of aryl methyl sites for hydroxylation is 1. The second-order valence-corrected chi connectivity index (χ2v) is 7.16. The molecule has 2 heterocycles. The van der Waals surface area contributed by atoms with Crippen molar-refractivity contribution in [2.24, 2.45) is 0 Å². The van der Waals surface area contributed by atoms with Crippen LogP contribution in [-0.2, 0) is 13.1 Å². The number of amides is 1. The summed E-state index contributed by atoms with van der Waals surface area (Å²) in [6.07, 6.45) is 0. The zero-order chi connectivity index (χ0) is 23.5. The maximum absolute atomic E-state index is 13.0. The highest BCUT2D eigenvalue weighted by molar-refractivity contribution is 5.89. The molecule has 0 atom stereocenters. The van der Waals surface area contributed by atoms with Crippen molar-refractivity contribution in [1.82, 2.24) is 29.8 Å². The number of nitrogens with one attached hydrogen (secondary N) is 1. The largest absolute Gasteiger partial charge is 0.352 e. The van der Waals surface area contributed by atoms with E-state index in [4.69, 9.17) is 4.52 Å². The highest BCUT2D eigenvalue weighted by Gasteiger charge is 2.22. The van der Waals surface area contributed by atoms with Crippen LogP contribution in [0.15, 0.2) is 62.6 Å². The maximum atomic E-state index is 13.0. The minimum atomic E-state index is -0.704. The van der Waals surface area contributed by atoms with E-state index in [2.05, 4.69) is 20.6 Å². The van der Waals surface area contributed by atoms with E-state index in [9.17, 15) is 18.8 Å². The Labute approximate surface area is 186 Å². The standard InChI is InChI=1S/C22H19FN6O4/c1-3-28-21(31)17(26-29(22(28)32)16-10-4-13(2)5-11-16)18-25-20(33-27-18)19(30)24-12-14-6-8-15(23)9-7-14/h4-11H,3,12H2,1-2H3,(H,24,30). The lowest BCUT2D eigenvalue weighted by Crippen LogP contribution is -2.41. The van der Waals surface area contributed by atoms with Gasteiger partial charge in [0.05, 0.1) is 5.69 Å². The molecule has 2 aromatic heterocycles. The van der Waals surface area contributed by atoms with Gasteiger partial charge in [-0.3, -0.25) is 14.2 Å². The van der Waals surface area contributed by atoms with Crippen molar-refractivity contribution in [3.05, 3.63) is 92.2 Å². The molecule has 1 amide bonds. The van der Waals surface area contributed by atoms with E-state index < -0.39 is 17.2 Å². The van der Waals surface area contributed by atoms with Crippen molar-refractivity contribution >= 4 is 5.91 Å². The van der Waals surface area contributed by atoms with Gasteiger partial charge >= 0.3 is 17.5 Å². The summed E-state index contributed by atoms with van der Waals surface area (Å²) < 4.78 is 20.1. The lowest BCUT2D eigenvalue weighted by Gasteiger charge is -2.09. The van der Waals surface area contributed by atoms with Gasteiger partial charge < -0.3 is 9.84 Å². The quantitative estimate of drug-likeness (QED) is 0.475. The SMILES string of the molecule is CCn1c(=O)c(-c2noc(C(=O)NCc3ccc(F)cc3)n2)nn(-c2ccc(C)cc2)c1=O. The van der Waals surface area contributed by atoms with Crippen LogP contribution in [0.3, 0.4) is 0 Å². The maximum Gasteiger partial charge on any atom is 0.352 e. The van der Waals surface area contributed by atoms with Crippen molar-refractivity contribution < 1.29 is 13.7 Å². The summed E-state index contributed by atoms with van der Waals surface area (Å²) in [6.45, 7) is 3.76. The molecule has 0 saturated carbocycles. The molecule has 11 heteroatoms. The Kier molecular flexibility index (Phi) is 5.94. The monoisotopic (exact) mass is 450 g/mol. The van der Waals surface area contributed by atoms with Gasteiger partial charge in [0.15, 0.2) is 5.69 Å². The molecule has 33 heavy (non-hydrogen) atoms. The van der Waals surface area contributed by atoms with Crippen LogP contribution in [0.4, 0.5) is 4.39 Å². The Morgan fingerprint density at radius 1 is 1.09 bits per heavy atom. The van der Waals surface area contributed by atoms with Gasteiger partial charge in [0.2, 0.25) is 5.82 Å². The Morgan fingerprint density at radius 3 is 2.45 bits per heavy atom. The predicted molar refractivity (Wildman–Crippen MR) is 115 cm³/mol. The molecule has 4 rings (SSSR count). The van der Waals surface area contributed by atoms with E-state index in [1.807, 2.05) is 19.1 Å². The minimum absolute atomic E-state index is 0.0991. The van der Waals surface area contributed by atoms with Gasteiger partial charge in [-0.1, -0.05) is 35.0 Å². The van der Waals surface area contributed by atoms with E-state index in [-0.39, 0.29) is 36.3 Å². The summed E-state index contributed by atoms with van der Waals surface area (Å²) in [5, 5.41) is 10.4. The number of benzene rings is 2. The van der Waals surface area contributed by atoms with E-state index in [0.29, 0.717) is 11.3 Å². The molecule has 0 saturated heterocycles. The summed E-state index contributed by atoms with van der Waals surface area (Å²) in [7, 11) is 0. The Morgan fingerprint density at radius 2 is 1.79 bits per heavy atom. The number of rotatable bonds is 6. The van der Waals surface area contributed by atoms with Gasteiger partial charge in [-0.05, 0) is 43.7 Å². The zero-order valence-corrected chi connectivity index (χ0v) is 17.8. The number of carbonyl (C=O) groups excluding carboxylic acids is 1. The van der Waals surface area contributed by atoms with Crippen molar-refractivity contribution in [2.45, 2.75) is 26.9 Å². The Balaban J connectivity index is 1.65. The Bertz CT molecular complexity index is 1420. The number of hydrogen-bond acceptors (Lipinski definition) is 7. The van der Waals surface area contributed by atoms with E-state index in [1.54, 1.807) is 19.1 Å². The molecule has 1 N–H and O–H groups in total. The molecule has 2 aromatic carbocycles. The average Bonchev–Trinajstić information content (AvgIpc) is 3.30. The van der Waals surface area contributed by atoms with Crippen molar-refractivity contribution in [3.8, 4) is 17.2 Å². The molecule has 0 bridgehead atoms. The van der Waals surface area contributed by atoms with Crippen LogP contribution in [0, 0.1) is 12.7 Å². The fourth-order valence-electron chi connectivity index (χ4n) is 3.06. The lowest BCUT2D eigenvalue weighted by molar-refractivity contribution is 0.0907. The molecule has 0 fully saturated rings. The highest BCUT2D eigenvalue weighted by Crippen LogP contribution is 2.11. The number of carbonyl (C=O) groups is 1. The number of halogens is 1. The molecule has 0 aliphatic carbocycles. The van der Waals surface area contributed by atoms with Gasteiger partial charge in [-0.2, -0.15) is 14.8 Å². The molecule has 10 nitrogen and oxygen atoms in total. The molecule has 0 radical (unpaired) electrons. The summed E-state index contributed by atoms with van der Waals surface area (Å²) in [5.41, 5.74) is 0.557. The fourth-order valence-corrected chi connectivity index (χ4v) is 3.06. The molecule has 0 spiro atoms. The van der Waals surface area contributed by atoms with Crippen LogP contribution in [0.25, 0.3) is 17.2 Å². The van der Waals surface area contributed by atoms with Crippen LogP contribution in [0.1, 0.15) is 28.7 Å². The van der Waals surface area contributed by atoms with E-state index in [0.717, 1.165) is 14.8 Å². The summed E-state index contributed by atoms with van der Waals surface area (Å²) in [6, 6.07) is 12.6. The molecule has 0 unspecified atom stereocenters. The smallest absolute Gasteiger partial charge is 0.344 e. The molecule has 168 valence electrons. The molecule has 0 aliphatic rings. The third-order valence-electron chi connectivity index (χ3n) is 4.85. The first-order valence-electron chi connectivity index (χ1n) is 10.1. The van der Waals surface area contributed by atoms with Crippen molar-refractivity contribution in [1.29, 1.82) is 0 Å². The first-order chi connectivity index (χ1) is 15.9. The summed E-state index contributed by atoms with van der Waals surface area (Å²) in [4.78, 5) is 41.9. The first kappa shape index (κ1) is 21.8. The zero-order valence-electron chi connectivity index (χ0n) is 17.8.